The Hall–Kier alpha value is -1.52. The standard InChI is InChI=1S/C14H11BrN2S/c15-10-1-3-13(12(16)8-10)17-11-2-4-14-9(7-11)5-6-18-14/h1-8,17H,16H2. The van der Waals surface area contributed by atoms with E-state index in [-0.39, 0.29) is 0 Å². The van der Waals surface area contributed by atoms with Crippen molar-refractivity contribution in [2.45, 2.75) is 0 Å². The minimum absolute atomic E-state index is 0.731. The molecule has 18 heavy (non-hydrogen) atoms. The maximum Gasteiger partial charge on any atom is 0.0618 e. The van der Waals surface area contributed by atoms with Crippen LogP contribution in [0.25, 0.3) is 10.1 Å². The van der Waals surface area contributed by atoms with Gasteiger partial charge in [-0.25, -0.2) is 0 Å². The van der Waals surface area contributed by atoms with E-state index in [0.717, 1.165) is 21.5 Å². The number of nitrogens with two attached hydrogens (primary N) is 1. The van der Waals surface area contributed by atoms with Gasteiger partial charge in [-0.3, -0.25) is 0 Å². The number of fused-ring (bicyclic) bond motifs is 1. The van der Waals surface area contributed by atoms with Gasteiger partial charge in [0.2, 0.25) is 0 Å². The Morgan fingerprint density at radius 3 is 2.78 bits per heavy atom. The van der Waals surface area contributed by atoms with E-state index in [2.05, 4.69) is 50.9 Å². The number of hydrogen-bond acceptors (Lipinski definition) is 3. The monoisotopic (exact) mass is 318 g/mol. The molecule has 0 aliphatic heterocycles. The molecule has 3 rings (SSSR count). The third-order valence-corrected chi connectivity index (χ3v) is 4.14. The molecule has 0 radical (unpaired) electrons. The first kappa shape index (κ1) is 11.6. The normalized spacial score (nSPS) is 10.7. The molecule has 0 unspecified atom stereocenters. The summed E-state index contributed by atoms with van der Waals surface area (Å²) in [4.78, 5) is 0. The Balaban J connectivity index is 1.95. The van der Waals surface area contributed by atoms with E-state index in [9.17, 15) is 0 Å². The van der Waals surface area contributed by atoms with Crippen LogP contribution in [0.3, 0.4) is 0 Å². The van der Waals surface area contributed by atoms with Crippen molar-refractivity contribution in [1.29, 1.82) is 0 Å². The molecule has 3 N–H and O–H groups in total. The summed E-state index contributed by atoms with van der Waals surface area (Å²) in [6.45, 7) is 0. The quantitative estimate of drug-likeness (QED) is 0.653. The lowest BCUT2D eigenvalue weighted by Crippen LogP contribution is -1.95. The second kappa shape index (κ2) is 4.63. The highest BCUT2D eigenvalue weighted by Gasteiger charge is 2.02. The zero-order valence-corrected chi connectivity index (χ0v) is 11.9. The number of nitrogen functional groups attached to an aromatic ring is 1. The third kappa shape index (κ3) is 2.21. The number of halogens is 1. The van der Waals surface area contributed by atoms with E-state index >= 15 is 0 Å². The lowest BCUT2D eigenvalue weighted by atomic mass is 10.2. The van der Waals surface area contributed by atoms with Crippen molar-refractivity contribution in [3.63, 3.8) is 0 Å². The van der Waals surface area contributed by atoms with Crippen LogP contribution in [0.4, 0.5) is 17.1 Å². The van der Waals surface area contributed by atoms with Gasteiger partial charge in [-0.1, -0.05) is 15.9 Å². The van der Waals surface area contributed by atoms with Gasteiger partial charge in [0.15, 0.2) is 0 Å². The van der Waals surface area contributed by atoms with Gasteiger partial charge in [-0.15, -0.1) is 11.3 Å². The molecular formula is C14H11BrN2S. The van der Waals surface area contributed by atoms with Crippen LogP contribution in [-0.2, 0) is 0 Å². The number of benzene rings is 2. The topological polar surface area (TPSA) is 38.0 Å². The van der Waals surface area contributed by atoms with Gasteiger partial charge in [0, 0.05) is 14.9 Å². The first-order valence-corrected chi connectivity index (χ1v) is 7.19. The SMILES string of the molecule is Nc1cc(Br)ccc1Nc1ccc2sccc2c1. The van der Waals surface area contributed by atoms with Crippen molar-refractivity contribution >= 4 is 54.4 Å². The van der Waals surface area contributed by atoms with Crippen LogP contribution in [0, 0.1) is 0 Å². The summed E-state index contributed by atoms with van der Waals surface area (Å²) in [6.07, 6.45) is 0. The van der Waals surface area contributed by atoms with Crippen LogP contribution in [0.5, 0.6) is 0 Å². The van der Waals surface area contributed by atoms with Crippen molar-refractivity contribution in [2.24, 2.45) is 0 Å². The number of nitrogens with one attached hydrogen (secondary N) is 1. The molecule has 2 aromatic carbocycles. The molecule has 2 nitrogen and oxygen atoms in total. The third-order valence-electron chi connectivity index (χ3n) is 2.75. The van der Waals surface area contributed by atoms with Crippen molar-refractivity contribution in [3.8, 4) is 0 Å². The van der Waals surface area contributed by atoms with E-state index in [1.807, 2.05) is 18.2 Å². The minimum Gasteiger partial charge on any atom is -0.397 e. The minimum atomic E-state index is 0.731. The fourth-order valence-corrected chi connectivity index (χ4v) is 3.00. The highest BCUT2D eigenvalue weighted by atomic mass is 79.9. The van der Waals surface area contributed by atoms with E-state index in [4.69, 9.17) is 5.73 Å². The molecule has 0 aliphatic rings. The van der Waals surface area contributed by atoms with Crippen molar-refractivity contribution in [2.75, 3.05) is 11.1 Å². The molecule has 4 heteroatoms. The van der Waals surface area contributed by atoms with Crippen LogP contribution < -0.4 is 11.1 Å². The maximum atomic E-state index is 5.97. The Morgan fingerprint density at radius 2 is 1.94 bits per heavy atom. The second-order valence-corrected chi connectivity index (χ2v) is 5.89. The molecule has 0 spiro atoms. The number of anilines is 3. The number of thiophene rings is 1. The molecule has 0 atom stereocenters. The van der Waals surface area contributed by atoms with Gasteiger partial charge < -0.3 is 11.1 Å². The van der Waals surface area contributed by atoms with Crippen LogP contribution in [0.2, 0.25) is 0 Å². The summed E-state index contributed by atoms with van der Waals surface area (Å²) in [6, 6.07) is 14.3. The van der Waals surface area contributed by atoms with Gasteiger partial charge in [-0.05, 0) is 53.2 Å². The zero-order chi connectivity index (χ0) is 12.5. The molecule has 1 heterocycles. The molecular weight excluding hydrogens is 308 g/mol. The molecule has 0 saturated carbocycles. The summed E-state index contributed by atoms with van der Waals surface area (Å²) in [5.74, 6) is 0. The average molecular weight is 319 g/mol. The number of rotatable bonds is 2. The predicted molar refractivity (Wildman–Crippen MR) is 83.7 cm³/mol. The summed E-state index contributed by atoms with van der Waals surface area (Å²) in [5.41, 5.74) is 8.68. The molecule has 0 aliphatic carbocycles. The molecule has 1 aromatic heterocycles. The Bertz CT molecular complexity index is 706. The first-order chi connectivity index (χ1) is 8.72. The first-order valence-electron chi connectivity index (χ1n) is 5.52. The van der Waals surface area contributed by atoms with Gasteiger partial charge in [-0.2, -0.15) is 0 Å². The summed E-state index contributed by atoms with van der Waals surface area (Å²) >= 11 is 5.15. The van der Waals surface area contributed by atoms with Crippen molar-refractivity contribution in [1.82, 2.24) is 0 Å². The van der Waals surface area contributed by atoms with E-state index in [1.165, 1.54) is 10.1 Å². The Kier molecular flexibility index (Phi) is 2.97. The lowest BCUT2D eigenvalue weighted by molar-refractivity contribution is 1.55. The smallest absolute Gasteiger partial charge is 0.0618 e. The maximum absolute atomic E-state index is 5.97. The Labute approximate surface area is 118 Å². The van der Waals surface area contributed by atoms with Crippen LogP contribution in [0.1, 0.15) is 0 Å². The molecule has 0 fully saturated rings. The van der Waals surface area contributed by atoms with E-state index < -0.39 is 0 Å². The van der Waals surface area contributed by atoms with Gasteiger partial charge in [0.05, 0.1) is 11.4 Å². The van der Waals surface area contributed by atoms with Crippen LogP contribution in [-0.4, -0.2) is 0 Å². The molecule has 0 bridgehead atoms. The molecule has 0 amide bonds. The second-order valence-electron chi connectivity index (χ2n) is 4.03. The molecule has 3 aromatic rings. The highest BCUT2D eigenvalue weighted by molar-refractivity contribution is 9.10. The van der Waals surface area contributed by atoms with Crippen LogP contribution >= 0.6 is 27.3 Å². The predicted octanol–water partition coefficient (Wildman–Crippen LogP) is 4.99. The highest BCUT2D eigenvalue weighted by Crippen LogP contribution is 2.29. The fraction of sp³-hybridized carbons (Fsp3) is 0. The van der Waals surface area contributed by atoms with Gasteiger partial charge in [0.25, 0.3) is 0 Å². The van der Waals surface area contributed by atoms with Gasteiger partial charge >= 0.3 is 0 Å². The summed E-state index contributed by atoms with van der Waals surface area (Å²) in [5, 5.41) is 6.69. The van der Waals surface area contributed by atoms with E-state index in [0.29, 0.717) is 0 Å². The van der Waals surface area contributed by atoms with Gasteiger partial charge in [0.1, 0.15) is 0 Å². The lowest BCUT2D eigenvalue weighted by Gasteiger charge is -2.09. The van der Waals surface area contributed by atoms with E-state index in [1.54, 1.807) is 11.3 Å². The average Bonchev–Trinajstić information content (AvgIpc) is 2.80. The summed E-state index contributed by atoms with van der Waals surface area (Å²) < 4.78 is 2.28. The van der Waals surface area contributed by atoms with Crippen molar-refractivity contribution < 1.29 is 0 Å². The van der Waals surface area contributed by atoms with Crippen molar-refractivity contribution in [3.05, 3.63) is 52.3 Å². The molecule has 90 valence electrons. The zero-order valence-electron chi connectivity index (χ0n) is 9.48. The largest absolute Gasteiger partial charge is 0.397 e. The van der Waals surface area contributed by atoms with Crippen LogP contribution in [0.15, 0.2) is 52.3 Å². The molecule has 0 saturated heterocycles. The Morgan fingerprint density at radius 1 is 1.06 bits per heavy atom. The summed E-state index contributed by atoms with van der Waals surface area (Å²) in [7, 11) is 0. The fourth-order valence-electron chi connectivity index (χ4n) is 1.85. The number of hydrogen-bond donors (Lipinski definition) is 2.